The second-order valence-electron chi connectivity index (χ2n) is 7.14. The minimum absolute atomic E-state index is 0.110. The fourth-order valence-corrected chi connectivity index (χ4v) is 3.58. The van der Waals surface area contributed by atoms with Gasteiger partial charge in [-0.2, -0.15) is 0 Å². The fraction of sp³-hybridized carbons (Fsp3) is 0.409. The van der Waals surface area contributed by atoms with Crippen molar-refractivity contribution in [2.45, 2.75) is 31.7 Å². The van der Waals surface area contributed by atoms with Gasteiger partial charge in [0.25, 0.3) is 0 Å². The number of benzene rings is 2. The Morgan fingerprint density at radius 1 is 0.963 bits per heavy atom. The van der Waals surface area contributed by atoms with Gasteiger partial charge in [0.05, 0.1) is 0 Å². The highest BCUT2D eigenvalue weighted by Crippen LogP contribution is 2.17. The molecule has 5 nitrogen and oxygen atoms in total. The van der Waals surface area contributed by atoms with Crippen molar-refractivity contribution in [3.8, 4) is 5.75 Å². The molecule has 144 valence electrons. The lowest BCUT2D eigenvalue weighted by Gasteiger charge is -2.28. The lowest BCUT2D eigenvalue weighted by Crippen LogP contribution is -2.47. The zero-order valence-electron chi connectivity index (χ0n) is 15.7. The standard InChI is InChI=1S/C22H29N3O2/c26-21-10-8-19(9-11-21)16-20(25-14-4-5-15-25)17-24-22(27)23-13-12-18-6-2-1-3-7-18/h1-3,6-11,20,26H,4-5,12-17H2,(H2,23,24,27). The molecule has 2 aromatic carbocycles. The summed E-state index contributed by atoms with van der Waals surface area (Å²) in [6.07, 6.45) is 4.13. The molecule has 1 heterocycles. The van der Waals surface area contributed by atoms with Crippen LogP contribution in [0, 0.1) is 0 Å². The first-order chi connectivity index (χ1) is 13.2. The molecule has 0 aromatic heterocycles. The van der Waals surface area contributed by atoms with Crippen LogP contribution in [0.3, 0.4) is 0 Å². The normalized spacial score (nSPS) is 15.4. The third-order valence-electron chi connectivity index (χ3n) is 5.11. The van der Waals surface area contributed by atoms with Crippen LogP contribution in [0.15, 0.2) is 54.6 Å². The predicted octanol–water partition coefficient (Wildman–Crippen LogP) is 2.94. The van der Waals surface area contributed by atoms with Crippen LogP contribution in [0.4, 0.5) is 4.79 Å². The molecule has 1 atom stereocenters. The largest absolute Gasteiger partial charge is 0.508 e. The summed E-state index contributed by atoms with van der Waals surface area (Å²) >= 11 is 0. The van der Waals surface area contributed by atoms with Crippen LogP contribution in [-0.4, -0.2) is 48.3 Å². The minimum Gasteiger partial charge on any atom is -0.508 e. The molecule has 0 radical (unpaired) electrons. The van der Waals surface area contributed by atoms with Crippen LogP contribution in [0.5, 0.6) is 5.75 Å². The lowest BCUT2D eigenvalue weighted by molar-refractivity contribution is 0.218. The number of amides is 2. The zero-order valence-corrected chi connectivity index (χ0v) is 15.7. The number of phenols is 1. The molecule has 2 aromatic rings. The van der Waals surface area contributed by atoms with E-state index in [1.807, 2.05) is 30.3 Å². The quantitative estimate of drug-likeness (QED) is 0.672. The number of nitrogens with one attached hydrogen (secondary N) is 2. The van der Waals surface area contributed by atoms with Crippen LogP contribution in [-0.2, 0) is 12.8 Å². The second-order valence-corrected chi connectivity index (χ2v) is 7.14. The summed E-state index contributed by atoms with van der Waals surface area (Å²) in [4.78, 5) is 14.6. The van der Waals surface area contributed by atoms with E-state index in [0.29, 0.717) is 13.1 Å². The number of hydrogen-bond acceptors (Lipinski definition) is 3. The molecule has 1 aliphatic rings. The Morgan fingerprint density at radius 3 is 2.37 bits per heavy atom. The Labute approximate surface area is 161 Å². The number of rotatable bonds is 8. The number of carbonyl (C=O) groups excluding carboxylic acids is 1. The maximum absolute atomic E-state index is 12.2. The van der Waals surface area contributed by atoms with Crippen LogP contribution < -0.4 is 10.6 Å². The van der Waals surface area contributed by atoms with Crippen molar-refractivity contribution in [3.63, 3.8) is 0 Å². The summed E-state index contributed by atoms with van der Waals surface area (Å²) in [7, 11) is 0. The first kappa shape index (κ1) is 19.2. The predicted molar refractivity (Wildman–Crippen MR) is 108 cm³/mol. The van der Waals surface area contributed by atoms with Crippen molar-refractivity contribution in [1.29, 1.82) is 0 Å². The number of likely N-dealkylation sites (tertiary alicyclic amines) is 1. The maximum atomic E-state index is 12.2. The molecule has 1 unspecified atom stereocenters. The van der Waals surface area contributed by atoms with E-state index < -0.39 is 0 Å². The molecular weight excluding hydrogens is 338 g/mol. The third kappa shape index (κ3) is 6.29. The van der Waals surface area contributed by atoms with Gasteiger partial charge in [-0.05, 0) is 62.0 Å². The third-order valence-corrected chi connectivity index (χ3v) is 5.11. The van der Waals surface area contributed by atoms with Crippen molar-refractivity contribution in [1.82, 2.24) is 15.5 Å². The van der Waals surface area contributed by atoms with Crippen LogP contribution in [0.1, 0.15) is 24.0 Å². The van der Waals surface area contributed by atoms with E-state index in [1.54, 1.807) is 12.1 Å². The molecular formula is C22H29N3O2. The monoisotopic (exact) mass is 367 g/mol. The molecule has 2 amide bonds. The van der Waals surface area contributed by atoms with E-state index in [-0.39, 0.29) is 17.8 Å². The Balaban J connectivity index is 1.46. The Morgan fingerprint density at radius 2 is 1.67 bits per heavy atom. The molecule has 27 heavy (non-hydrogen) atoms. The number of aromatic hydroxyl groups is 1. The number of carbonyl (C=O) groups is 1. The van der Waals surface area contributed by atoms with Gasteiger partial charge in [0, 0.05) is 19.1 Å². The SMILES string of the molecule is O=C(NCCc1ccccc1)NCC(Cc1ccc(O)cc1)N1CCCC1. The highest BCUT2D eigenvalue weighted by atomic mass is 16.3. The second kappa shape index (κ2) is 9.97. The minimum atomic E-state index is -0.110. The van der Waals surface area contributed by atoms with E-state index in [9.17, 15) is 9.90 Å². The average Bonchev–Trinajstić information content (AvgIpc) is 3.22. The summed E-state index contributed by atoms with van der Waals surface area (Å²) in [5, 5.41) is 15.5. The van der Waals surface area contributed by atoms with E-state index in [0.717, 1.165) is 25.9 Å². The number of phenolic OH excluding ortho intramolecular Hbond substituents is 1. The summed E-state index contributed by atoms with van der Waals surface area (Å²) in [5.74, 6) is 0.285. The summed E-state index contributed by atoms with van der Waals surface area (Å²) in [6.45, 7) is 3.42. The van der Waals surface area contributed by atoms with Gasteiger partial charge >= 0.3 is 6.03 Å². The van der Waals surface area contributed by atoms with E-state index >= 15 is 0 Å². The Kier molecular flexibility index (Phi) is 7.11. The summed E-state index contributed by atoms with van der Waals surface area (Å²) in [5.41, 5.74) is 2.40. The Bertz CT molecular complexity index is 697. The lowest BCUT2D eigenvalue weighted by atomic mass is 10.0. The van der Waals surface area contributed by atoms with E-state index in [1.165, 1.54) is 24.0 Å². The van der Waals surface area contributed by atoms with Gasteiger partial charge in [-0.25, -0.2) is 4.79 Å². The van der Waals surface area contributed by atoms with Gasteiger partial charge in [-0.1, -0.05) is 42.5 Å². The smallest absolute Gasteiger partial charge is 0.314 e. The van der Waals surface area contributed by atoms with Crippen molar-refractivity contribution in [2.24, 2.45) is 0 Å². The maximum Gasteiger partial charge on any atom is 0.314 e. The van der Waals surface area contributed by atoms with Crippen molar-refractivity contribution in [3.05, 3.63) is 65.7 Å². The molecule has 0 saturated carbocycles. The molecule has 1 saturated heterocycles. The van der Waals surface area contributed by atoms with Gasteiger partial charge in [-0.15, -0.1) is 0 Å². The first-order valence-electron chi connectivity index (χ1n) is 9.78. The van der Waals surface area contributed by atoms with Gasteiger partial charge < -0.3 is 15.7 Å². The topological polar surface area (TPSA) is 64.6 Å². The molecule has 5 heteroatoms. The molecule has 3 N–H and O–H groups in total. The van der Waals surface area contributed by atoms with Crippen LogP contribution in [0.2, 0.25) is 0 Å². The van der Waals surface area contributed by atoms with E-state index in [4.69, 9.17) is 0 Å². The fourth-order valence-electron chi connectivity index (χ4n) is 3.58. The first-order valence-corrected chi connectivity index (χ1v) is 9.78. The van der Waals surface area contributed by atoms with Crippen molar-refractivity contribution < 1.29 is 9.90 Å². The Hall–Kier alpha value is -2.53. The molecule has 1 fully saturated rings. The molecule has 1 aliphatic heterocycles. The highest BCUT2D eigenvalue weighted by Gasteiger charge is 2.22. The van der Waals surface area contributed by atoms with Gasteiger partial charge in [0.2, 0.25) is 0 Å². The van der Waals surface area contributed by atoms with Crippen molar-refractivity contribution >= 4 is 6.03 Å². The van der Waals surface area contributed by atoms with Crippen LogP contribution >= 0.6 is 0 Å². The summed E-state index contributed by atoms with van der Waals surface area (Å²) in [6, 6.07) is 17.7. The number of nitrogens with zero attached hydrogens (tertiary/aromatic N) is 1. The highest BCUT2D eigenvalue weighted by molar-refractivity contribution is 5.73. The van der Waals surface area contributed by atoms with E-state index in [2.05, 4.69) is 27.7 Å². The number of hydrogen-bond donors (Lipinski definition) is 3. The van der Waals surface area contributed by atoms with Gasteiger partial charge in [-0.3, -0.25) is 4.90 Å². The molecule has 3 rings (SSSR count). The molecule has 0 spiro atoms. The molecule has 0 bridgehead atoms. The van der Waals surface area contributed by atoms with Gasteiger partial charge in [0.1, 0.15) is 5.75 Å². The average molecular weight is 367 g/mol. The molecule has 0 aliphatic carbocycles. The van der Waals surface area contributed by atoms with Crippen molar-refractivity contribution in [2.75, 3.05) is 26.2 Å². The van der Waals surface area contributed by atoms with Crippen LogP contribution in [0.25, 0.3) is 0 Å². The zero-order chi connectivity index (χ0) is 18.9. The van der Waals surface area contributed by atoms with Gasteiger partial charge in [0.15, 0.2) is 0 Å². The summed E-state index contributed by atoms with van der Waals surface area (Å²) < 4.78 is 0. The number of urea groups is 1.